The number of rotatable bonds is 5. The lowest BCUT2D eigenvalue weighted by Gasteiger charge is -2.11. The SMILES string of the molecule is CC(C)n1cc(CN(C)CC(=O)O)cn1. The smallest absolute Gasteiger partial charge is 0.317 e. The molecule has 0 aliphatic heterocycles. The number of carboxylic acid groups (broad SMARTS) is 1. The Kier molecular flexibility index (Phi) is 3.85. The highest BCUT2D eigenvalue weighted by molar-refractivity contribution is 5.68. The minimum Gasteiger partial charge on any atom is -0.480 e. The Morgan fingerprint density at radius 1 is 1.67 bits per heavy atom. The average Bonchev–Trinajstić information content (AvgIpc) is 2.50. The zero-order chi connectivity index (χ0) is 11.4. The molecule has 0 saturated carbocycles. The van der Waals surface area contributed by atoms with E-state index in [4.69, 9.17) is 5.11 Å². The van der Waals surface area contributed by atoms with Gasteiger partial charge in [0.1, 0.15) is 0 Å². The van der Waals surface area contributed by atoms with Crippen LogP contribution in [0.25, 0.3) is 0 Å². The van der Waals surface area contributed by atoms with Crippen molar-refractivity contribution in [2.75, 3.05) is 13.6 Å². The van der Waals surface area contributed by atoms with Gasteiger partial charge in [0.15, 0.2) is 0 Å². The summed E-state index contributed by atoms with van der Waals surface area (Å²) in [5.41, 5.74) is 1.03. The molecule has 0 unspecified atom stereocenters. The first-order chi connectivity index (χ1) is 6.99. The molecule has 0 aliphatic rings. The second-order valence-corrected chi connectivity index (χ2v) is 3.99. The van der Waals surface area contributed by atoms with Gasteiger partial charge in [-0.2, -0.15) is 5.10 Å². The van der Waals surface area contributed by atoms with Crippen LogP contribution in [0, 0.1) is 0 Å². The third-order valence-electron chi connectivity index (χ3n) is 2.04. The van der Waals surface area contributed by atoms with E-state index in [0.717, 1.165) is 5.56 Å². The lowest BCUT2D eigenvalue weighted by Crippen LogP contribution is -2.24. The number of nitrogens with zero attached hydrogens (tertiary/aromatic N) is 3. The fraction of sp³-hybridized carbons (Fsp3) is 0.600. The van der Waals surface area contributed by atoms with Crippen molar-refractivity contribution in [2.24, 2.45) is 0 Å². The highest BCUT2D eigenvalue weighted by Gasteiger charge is 2.07. The van der Waals surface area contributed by atoms with Crippen molar-refractivity contribution in [1.82, 2.24) is 14.7 Å². The fourth-order valence-corrected chi connectivity index (χ4v) is 1.34. The van der Waals surface area contributed by atoms with E-state index in [1.807, 2.05) is 10.9 Å². The van der Waals surface area contributed by atoms with E-state index in [0.29, 0.717) is 12.6 Å². The first-order valence-corrected chi connectivity index (χ1v) is 4.92. The van der Waals surface area contributed by atoms with Gasteiger partial charge in [0, 0.05) is 24.3 Å². The molecule has 15 heavy (non-hydrogen) atoms. The van der Waals surface area contributed by atoms with Gasteiger partial charge in [-0.05, 0) is 20.9 Å². The molecule has 0 aromatic carbocycles. The highest BCUT2D eigenvalue weighted by Crippen LogP contribution is 2.06. The first kappa shape index (κ1) is 11.7. The topological polar surface area (TPSA) is 58.4 Å². The quantitative estimate of drug-likeness (QED) is 0.788. The van der Waals surface area contributed by atoms with Gasteiger partial charge in [-0.25, -0.2) is 0 Å². The van der Waals surface area contributed by atoms with Crippen LogP contribution in [0.1, 0.15) is 25.5 Å². The van der Waals surface area contributed by atoms with Gasteiger partial charge in [0.05, 0.1) is 12.7 Å². The predicted molar refractivity (Wildman–Crippen MR) is 56.6 cm³/mol. The van der Waals surface area contributed by atoms with E-state index < -0.39 is 5.97 Å². The van der Waals surface area contributed by atoms with Gasteiger partial charge < -0.3 is 5.11 Å². The Balaban J connectivity index is 2.53. The van der Waals surface area contributed by atoms with Crippen LogP contribution in [0.5, 0.6) is 0 Å². The summed E-state index contributed by atoms with van der Waals surface area (Å²) < 4.78 is 1.87. The summed E-state index contributed by atoms with van der Waals surface area (Å²) in [6.07, 6.45) is 3.72. The van der Waals surface area contributed by atoms with E-state index in [-0.39, 0.29) is 6.54 Å². The molecule has 0 amide bonds. The summed E-state index contributed by atoms with van der Waals surface area (Å²) >= 11 is 0. The van der Waals surface area contributed by atoms with Gasteiger partial charge in [-0.3, -0.25) is 14.4 Å². The summed E-state index contributed by atoms with van der Waals surface area (Å²) in [6.45, 7) is 4.77. The first-order valence-electron chi connectivity index (χ1n) is 4.92. The van der Waals surface area contributed by atoms with Crippen LogP contribution in [0.3, 0.4) is 0 Å². The van der Waals surface area contributed by atoms with E-state index in [2.05, 4.69) is 18.9 Å². The van der Waals surface area contributed by atoms with Crippen molar-refractivity contribution in [3.05, 3.63) is 18.0 Å². The number of aromatic nitrogens is 2. The molecule has 0 aliphatic carbocycles. The predicted octanol–water partition coefficient (Wildman–Crippen LogP) is 0.980. The van der Waals surface area contributed by atoms with E-state index in [1.54, 1.807) is 18.1 Å². The molecule has 1 N–H and O–H groups in total. The highest BCUT2D eigenvalue weighted by atomic mass is 16.4. The normalized spacial score (nSPS) is 11.3. The average molecular weight is 211 g/mol. The van der Waals surface area contributed by atoms with Gasteiger partial charge in [0.2, 0.25) is 0 Å². The summed E-state index contributed by atoms with van der Waals surface area (Å²) in [7, 11) is 1.78. The Bertz CT molecular complexity index is 333. The lowest BCUT2D eigenvalue weighted by atomic mass is 10.3. The van der Waals surface area contributed by atoms with Crippen molar-refractivity contribution >= 4 is 5.97 Å². The van der Waals surface area contributed by atoms with Crippen LogP contribution in [-0.2, 0) is 11.3 Å². The summed E-state index contributed by atoms with van der Waals surface area (Å²) in [5.74, 6) is -0.811. The van der Waals surface area contributed by atoms with Gasteiger partial charge >= 0.3 is 5.97 Å². The van der Waals surface area contributed by atoms with E-state index in [1.165, 1.54) is 0 Å². The Morgan fingerprint density at radius 3 is 2.80 bits per heavy atom. The number of carbonyl (C=O) groups is 1. The second-order valence-electron chi connectivity index (χ2n) is 3.99. The van der Waals surface area contributed by atoms with Crippen molar-refractivity contribution in [1.29, 1.82) is 0 Å². The lowest BCUT2D eigenvalue weighted by molar-refractivity contribution is -0.138. The molecule has 5 nitrogen and oxygen atoms in total. The number of carboxylic acids is 1. The molecule has 5 heteroatoms. The van der Waals surface area contributed by atoms with Gasteiger partial charge in [-0.15, -0.1) is 0 Å². The van der Waals surface area contributed by atoms with Crippen molar-refractivity contribution < 1.29 is 9.90 Å². The molecule has 0 fully saturated rings. The molecule has 1 rings (SSSR count). The molecule has 0 saturated heterocycles. The summed E-state index contributed by atoms with van der Waals surface area (Å²) in [6, 6.07) is 0.337. The Morgan fingerprint density at radius 2 is 2.33 bits per heavy atom. The molecular weight excluding hydrogens is 194 g/mol. The molecule has 0 atom stereocenters. The van der Waals surface area contributed by atoms with Crippen molar-refractivity contribution in [2.45, 2.75) is 26.4 Å². The zero-order valence-corrected chi connectivity index (χ0v) is 9.34. The monoisotopic (exact) mass is 211 g/mol. The summed E-state index contributed by atoms with van der Waals surface area (Å²) in [5, 5.41) is 12.8. The largest absolute Gasteiger partial charge is 0.480 e. The fourth-order valence-electron chi connectivity index (χ4n) is 1.34. The van der Waals surface area contributed by atoms with Crippen LogP contribution < -0.4 is 0 Å². The summed E-state index contributed by atoms with van der Waals surface area (Å²) in [4.78, 5) is 12.2. The number of aliphatic carboxylic acids is 1. The van der Waals surface area contributed by atoms with Crippen molar-refractivity contribution in [3.63, 3.8) is 0 Å². The molecule has 84 valence electrons. The Hall–Kier alpha value is -1.36. The third kappa shape index (κ3) is 3.71. The molecule has 0 radical (unpaired) electrons. The van der Waals surface area contributed by atoms with Crippen molar-refractivity contribution in [3.8, 4) is 0 Å². The molecule has 0 bridgehead atoms. The standard InChI is InChI=1S/C10H17N3O2/c1-8(2)13-6-9(4-11-13)5-12(3)7-10(14)15/h4,6,8H,5,7H2,1-3H3,(H,14,15). The number of hydrogen-bond donors (Lipinski definition) is 1. The van der Waals surface area contributed by atoms with Crippen LogP contribution in [0.4, 0.5) is 0 Å². The number of likely N-dealkylation sites (N-methyl/N-ethyl adjacent to an activating group) is 1. The number of hydrogen-bond acceptors (Lipinski definition) is 3. The maximum atomic E-state index is 10.5. The minimum absolute atomic E-state index is 0.0485. The maximum Gasteiger partial charge on any atom is 0.317 e. The van der Waals surface area contributed by atoms with E-state index in [9.17, 15) is 4.79 Å². The van der Waals surface area contributed by atoms with Crippen LogP contribution in [0.2, 0.25) is 0 Å². The Labute approximate surface area is 89.3 Å². The zero-order valence-electron chi connectivity index (χ0n) is 9.34. The maximum absolute atomic E-state index is 10.5. The molecule has 1 aromatic rings. The van der Waals surface area contributed by atoms with Gasteiger partial charge in [0.25, 0.3) is 0 Å². The molecule has 0 spiro atoms. The van der Waals surface area contributed by atoms with Gasteiger partial charge in [-0.1, -0.05) is 0 Å². The minimum atomic E-state index is -0.811. The molecular formula is C10H17N3O2. The van der Waals surface area contributed by atoms with Crippen LogP contribution in [-0.4, -0.2) is 39.3 Å². The second kappa shape index (κ2) is 4.93. The van der Waals surface area contributed by atoms with Crippen LogP contribution in [0.15, 0.2) is 12.4 Å². The van der Waals surface area contributed by atoms with E-state index >= 15 is 0 Å². The molecule has 1 aromatic heterocycles. The van der Waals surface area contributed by atoms with Crippen LogP contribution >= 0.6 is 0 Å². The molecule has 1 heterocycles. The third-order valence-corrected chi connectivity index (χ3v) is 2.04.